The van der Waals surface area contributed by atoms with Crippen LogP contribution in [0.3, 0.4) is 0 Å². The van der Waals surface area contributed by atoms with Crippen molar-refractivity contribution in [3.8, 4) is 6.07 Å². The highest BCUT2D eigenvalue weighted by Gasteiger charge is 2.31. The fourth-order valence-electron chi connectivity index (χ4n) is 2.47. The lowest BCUT2D eigenvalue weighted by Gasteiger charge is -2.07. The summed E-state index contributed by atoms with van der Waals surface area (Å²) in [6, 6.07) is 12.0. The Kier molecular flexibility index (Phi) is 4.31. The number of aromatic nitrogens is 1. The summed E-state index contributed by atoms with van der Waals surface area (Å²) in [5.74, 6) is -1.55. The van der Waals surface area contributed by atoms with E-state index in [4.69, 9.17) is 0 Å². The van der Waals surface area contributed by atoms with Gasteiger partial charge in [0.2, 0.25) is 0 Å². The van der Waals surface area contributed by atoms with Gasteiger partial charge in [-0.15, -0.1) is 11.3 Å². The molecular weight excluding hydrogens is 349 g/mol. The summed E-state index contributed by atoms with van der Waals surface area (Å²) in [5, 5.41) is 9.63. The van der Waals surface area contributed by atoms with Gasteiger partial charge in [-0.1, -0.05) is 24.3 Å². The zero-order chi connectivity index (χ0) is 18.2. The number of nitrogens with zero attached hydrogens (tertiary/aromatic N) is 2. The lowest BCUT2D eigenvalue weighted by Crippen LogP contribution is -2.12. The highest BCUT2D eigenvalue weighted by molar-refractivity contribution is 7.18. The molecule has 0 bridgehead atoms. The number of hydrogen-bond acceptors (Lipinski definition) is 4. The fraction of sp³-hybridized carbons (Fsp3) is 0.167. The normalized spacial score (nSPS) is 12.8. The van der Waals surface area contributed by atoms with Crippen molar-refractivity contribution in [3.05, 3.63) is 64.2 Å². The van der Waals surface area contributed by atoms with Crippen molar-refractivity contribution in [2.24, 2.45) is 0 Å². The molecule has 1 atom stereocenters. The van der Waals surface area contributed by atoms with Crippen molar-refractivity contribution in [1.82, 2.24) is 4.98 Å². The van der Waals surface area contributed by atoms with Crippen LogP contribution in [0.25, 0.3) is 10.2 Å². The first-order valence-electron chi connectivity index (χ1n) is 7.28. The lowest BCUT2D eigenvalue weighted by atomic mass is 9.96. The number of hydrogen-bond donors (Lipinski definition) is 0. The Morgan fingerprint density at radius 3 is 2.60 bits per heavy atom. The number of halogens is 3. The monoisotopic (exact) mass is 360 g/mol. The third-order valence-electron chi connectivity index (χ3n) is 3.78. The molecule has 25 heavy (non-hydrogen) atoms. The number of carbonyl (C=O) groups excluding carboxylic acids is 1. The van der Waals surface area contributed by atoms with E-state index < -0.39 is 23.4 Å². The summed E-state index contributed by atoms with van der Waals surface area (Å²) in [5.41, 5.74) is 0.692. The molecule has 0 spiro atoms. The van der Waals surface area contributed by atoms with Gasteiger partial charge in [0, 0.05) is 5.56 Å². The topological polar surface area (TPSA) is 53.8 Å². The number of ketones is 1. The van der Waals surface area contributed by atoms with Gasteiger partial charge in [0.1, 0.15) is 5.01 Å². The smallest absolute Gasteiger partial charge is 0.292 e. The van der Waals surface area contributed by atoms with Crippen LogP contribution in [0.4, 0.5) is 13.2 Å². The predicted octanol–water partition coefficient (Wildman–Crippen LogP) is 5.11. The second-order valence-electron chi connectivity index (χ2n) is 5.47. The number of alkyl halides is 3. The van der Waals surface area contributed by atoms with Gasteiger partial charge in [0.25, 0.3) is 0 Å². The molecule has 7 heteroatoms. The molecule has 0 fully saturated rings. The molecule has 3 aromatic rings. The maximum atomic E-state index is 12.8. The van der Waals surface area contributed by atoms with E-state index in [0.717, 1.165) is 29.0 Å². The number of rotatable bonds is 3. The van der Waals surface area contributed by atoms with E-state index in [-0.39, 0.29) is 5.01 Å². The van der Waals surface area contributed by atoms with Crippen LogP contribution in [0.2, 0.25) is 0 Å². The number of thiazole rings is 1. The fourth-order valence-corrected chi connectivity index (χ4v) is 3.52. The second kappa shape index (κ2) is 6.30. The molecule has 2 aromatic carbocycles. The average molecular weight is 360 g/mol. The molecule has 126 valence electrons. The van der Waals surface area contributed by atoms with E-state index >= 15 is 0 Å². The Labute approximate surface area is 145 Å². The molecule has 1 heterocycles. The maximum Gasteiger partial charge on any atom is 0.416 e. The second-order valence-corrected chi connectivity index (χ2v) is 6.54. The highest BCUT2D eigenvalue weighted by atomic mass is 32.1. The summed E-state index contributed by atoms with van der Waals surface area (Å²) in [7, 11) is 0. The highest BCUT2D eigenvalue weighted by Crippen LogP contribution is 2.35. The molecule has 0 aliphatic rings. The van der Waals surface area contributed by atoms with Gasteiger partial charge in [0.05, 0.1) is 21.8 Å². The summed E-state index contributed by atoms with van der Waals surface area (Å²) >= 11 is 0.935. The summed E-state index contributed by atoms with van der Waals surface area (Å²) < 4.78 is 38.8. The number of fused-ring (bicyclic) bond motifs is 1. The minimum atomic E-state index is -4.45. The zero-order valence-corrected chi connectivity index (χ0v) is 13.8. The van der Waals surface area contributed by atoms with Crippen LogP contribution >= 0.6 is 11.3 Å². The van der Waals surface area contributed by atoms with Gasteiger partial charge >= 0.3 is 6.18 Å². The minimum Gasteiger partial charge on any atom is -0.292 e. The number of carbonyl (C=O) groups is 1. The van der Waals surface area contributed by atoms with E-state index in [1.165, 1.54) is 6.07 Å². The van der Waals surface area contributed by atoms with Gasteiger partial charge in [-0.05, 0) is 30.7 Å². The quantitative estimate of drug-likeness (QED) is 0.610. The molecule has 0 unspecified atom stereocenters. The van der Waals surface area contributed by atoms with Gasteiger partial charge < -0.3 is 0 Å². The van der Waals surface area contributed by atoms with E-state index in [9.17, 15) is 23.2 Å². The predicted molar refractivity (Wildman–Crippen MR) is 88.5 cm³/mol. The molecule has 0 saturated carbocycles. The van der Waals surface area contributed by atoms with Gasteiger partial charge in [-0.2, -0.15) is 18.4 Å². The average Bonchev–Trinajstić information content (AvgIpc) is 2.97. The van der Waals surface area contributed by atoms with Crippen LogP contribution in [-0.4, -0.2) is 10.8 Å². The van der Waals surface area contributed by atoms with Crippen molar-refractivity contribution >= 4 is 27.3 Å². The molecule has 0 radical (unpaired) electrons. The van der Waals surface area contributed by atoms with Crippen molar-refractivity contribution in [2.45, 2.75) is 19.0 Å². The van der Waals surface area contributed by atoms with E-state index in [1.807, 2.05) is 6.07 Å². The summed E-state index contributed by atoms with van der Waals surface area (Å²) in [4.78, 5) is 16.9. The molecule has 3 nitrogen and oxygen atoms in total. The van der Waals surface area contributed by atoms with Crippen LogP contribution in [0.5, 0.6) is 0 Å². The number of benzene rings is 2. The SMILES string of the molecule is Cc1ccccc1C(=O)[C@@H](C#N)c1nc2ccc(C(F)(F)F)cc2s1. The van der Waals surface area contributed by atoms with Gasteiger partial charge in [-0.25, -0.2) is 4.98 Å². The first kappa shape index (κ1) is 17.1. The third kappa shape index (κ3) is 3.26. The maximum absolute atomic E-state index is 12.8. The van der Waals surface area contributed by atoms with E-state index in [2.05, 4.69) is 4.98 Å². The Hall–Kier alpha value is -2.72. The van der Waals surface area contributed by atoms with Crippen molar-refractivity contribution < 1.29 is 18.0 Å². The van der Waals surface area contributed by atoms with Crippen molar-refractivity contribution in [2.75, 3.05) is 0 Å². The van der Waals surface area contributed by atoms with Crippen LogP contribution in [0.15, 0.2) is 42.5 Å². The number of aryl methyl sites for hydroxylation is 1. The first-order chi connectivity index (χ1) is 11.8. The van der Waals surface area contributed by atoms with E-state index in [0.29, 0.717) is 15.8 Å². The molecular formula is C18H11F3N2OS. The number of Topliss-reactive ketones (excluding diaryl/α,β-unsaturated/α-hetero) is 1. The molecule has 0 saturated heterocycles. The standard InChI is InChI=1S/C18H11F3N2OS/c1-10-4-2-3-5-12(10)16(24)13(9-22)17-23-14-7-6-11(18(19,20)21)8-15(14)25-17/h2-8,13H,1H3/t13-/m1/s1. The molecule has 0 aliphatic carbocycles. The van der Waals surface area contributed by atoms with E-state index in [1.54, 1.807) is 31.2 Å². The van der Waals surface area contributed by atoms with Crippen LogP contribution in [0.1, 0.15) is 32.4 Å². The Morgan fingerprint density at radius 1 is 1.24 bits per heavy atom. The van der Waals surface area contributed by atoms with Crippen molar-refractivity contribution in [1.29, 1.82) is 5.26 Å². The van der Waals surface area contributed by atoms with Crippen LogP contribution in [-0.2, 0) is 6.18 Å². The van der Waals surface area contributed by atoms with Crippen LogP contribution in [0, 0.1) is 18.3 Å². The molecule has 0 amide bonds. The van der Waals surface area contributed by atoms with Crippen LogP contribution < -0.4 is 0 Å². The Morgan fingerprint density at radius 2 is 1.96 bits per heavy atom. The van der Waals surface area contributed by atoms with Gasteiger partial charge in [-0.3, -0.25) is 4.79 Å². The largest absolute Gasteiger partial charge is 0.416 e. The molecule has 0 aliphatic heterocycles. The minimum absolute atomic E-state index is 0.199. The zero-order valence-electron chi connectivity index (χ0n) is 13.0. The summed E-state index contributed by atoms with van der Waals surface area (Å²) in [6.45, 7) is 1.76. The Bertz CT molecular complexity index is 1000. The molecule has 0 N–H and O–H groups in total. The van der Waals surface area contributed by atoms with Gasteiger partial charge in [0.15, 0.2) is 11.7 Å². The molecule has 3 rings (SSSR count). The lowest BCUT2D eigenvalue weighted by molar-refractivity contribution is -0.137. The Balaban J connectivity index is 2.03. The summed E-state index contributed by atoms with van der Waals surface area (Å²) in [6.07, 6.45) is -4.45. The number of nitriles is 1. The first-order valence-corrected chi connectivity index (χ1v) is 8.10. The molecule has 1 aromatic heterocycles. The van der Waals surface area contributed by atoms with Crippen molar-refractivity contribution in [3.63, 3.8) is 0 Å². The third-order valence-corrected chi connectivity index (χ3v) is 4.86.